The van der Waals surface area contributed by atoms with Gasteiger partial charge in [-0.2, -0.15) is 0 Å². The summed E-state index contributed by atoms with van der Waals surface area (Å²) >= 11 is 0. The number of methoxy groups -OCH3 is 3. The molecule has 0 unspecified atom stereocenters. The van der Waals surface area contributed by atoms with Gasteiger partial charge in [-0.1, -0.05) is 40.2 Å². The maximum Gasteiger partial charge on any atom is 0.250 e. The van der Waals surface area contributed by atoms with Gasteiger partial charge in [0, 0.05) is 18.7 Å². The van der Waals surface area contributed by atoms with Crippen LogP contribution in [-0.4, -0.2) is 42.7 Å². The number of allylic oxidation sites excluding steroid dienone is 1. The zero-order valence-electron chi connectivity index (χ0n) is 22.9. The molecule has 8 heteroatoms. The number of aldehydes is 1. The Morgan fingerprint density at radius 1 is 0.944 bits per heavy atom. The average Bonchev–Trinajstić information content (AvgIpc) is 2.84. The second-order valence-electron chi connectivity index (χ2n) is 10.2. The van der Waals surface area contributed by atoms with E-state index in [0.29, 0.717) is 40.1 Å². The van der Waals surface area contributed by atoms with Crippen molar-refractivity contribution in [2.24, 2.45) is 0 Å². The Balaban J connectivity index is 2.36. The number of unbranched alkanes of at least 4 members (excludes halogenated alkanes) is 1. The number of fused-ring (bicyclic) bond motifs is 2. The van der Waals surface area contributed by atoms with Crippen LogP contribution in [0.25, 0.3) is 5.57 Å². The second kappa shape index (κ2) is 11.0. The fourth-order valence-corrected chi connectivity index (χ4v) is 4.82. The summed E-state index contributed by atoms with van der Waals surface area (Å²) in [6, 6.07) is 5.47. The van der Waals surface area contributed by atoms with E-state index in [-0.39, 0.29) is 17.4 Å². The third-order valence-electron chi connectivity index (χ3n) is 6.77. The molecule has 1 aliphatic rings. The van der Waals surface area contributed by atoms with Crippen LogP contribution in [0.5, 0.6) is 34.5 Å². The van der Waals surface area contributed by atoms with Crippen LogP contribution in [0.15, 0.2) is 24.3 Å². The highest BCUT2D eigenvalue weighted by molar-refractivity contribution is 6.74. The Kier molecular flexibility index (Phi) is 8.41. The van der Waals surface area contributed by atoms with E-state index in [0.717, 1.165) is 30.3 Å². The normalized spacial score (nSPS) is 14.0. The number of hydrogen-bond donors (Lipinski definition) is 0. The van der Waals surface area contributed by atoms with Gasteiger partial charge in [0.1, 0.15) is 28.6 Å². The van der Waals surface area contributed by atoms with Gasteiger partial charge in [0.25, 0.3) is 8.32 Å². The molecule has 3 rings (SSSR count). The van der Waals surface area contributed by atoms with Crippen molar-refractivity contribution in [2.75, 3.05) is 28.1 Å². The lowest BCUT2D eigenvalue weighted by molar-refractivity contribution is 0.0502. The average molecular weight is 515 g/mol. The molecule has 1 heterocycles. The first kappa shape index (κ1) is 27.6. The first-order chi connectivity index (χ1) is 17.0. The summed E-state index contributed by atoms with van der Waals surface area (Å²) in [4.78, 5) is 12.4. The number of hydrogen-bond acceptors (Lipinski definition) is 7. The number of rotatable bonds is 10. The molecule has 196 valence electrons. The van der Waals surface area contributed by atoms with Crippen molar-refractivity contribution >= 4 is 20.2 Å². The zero-order valence-corrected chi connectivity index (χ0v) is 23.9. The minimum Gasteiger partial charge on any atom is -0.541 e. The largest absolute Gasteiger partial charge is 0.541 e. The van der Waals surface area contributed by atoms with Crippen LogP contribution >= 0.6 is 0 Å². The number of benzene rings is 2. The number of carbonyl (C=O) groups excluding carboxylic acids is 1. The molecule has 0 aliphatic carbocycles. The molecule has 0 saturated carbocycles. The van der Waals surface area contributed by atoms with Crippen LogP contribution in [0.2, 0.25) is 18.1 Å². The van der Waals surface area contributed by atoms with Crippen molar-refractivity contribution in [1.82, 2.24) is 0 Å². The molecule has 0 saturated heterocycles. The predicted octanol–water partition coefficient (Wildman–Crippen LogP) is 7.22. The lowest BCUT2D eigenvalue weighted by Crippen LogP contribution is -2.44. The van der Waals surface area contributed by atoms with E-state index < -0.39 is 8.32 Å². The molecule has 0 radical (unpaired) electrons. The van der Waals surface area contributed by atoms with Crippen LogP contribution in [0.3, 0.4) is 0 Å². The molecule has 2 aromatic carbocycles. The van der Waals surface area contributed by atoms with E-state index in [1.54, 1.807) is 20.3 Å². The van der Waals surface area contributed by atoms with Crippen LogP contribution in [-0.2, 0) is 4.74 Å². The Hall–Kier alpha value is -2.97. The van der Waals surface area contributed by atoms with E-state index >= 15 is 0 Å². The van der Waals surface area contributed by atoms with Gasteiger partial charge in [0.05, 0.1) is 25.3 Å². The van der Waals surface area contributed by atoms with Crippen molar-refractivity contribution in [3.8, 4) is 34.5 Å². The monoisotopic (exact) mass is 514 g/mol. The maximum atomic E-state index is 12.4. The third-order valence-corrected chi connectivity index (χ3v) is 11.1. The van der Waals surface area contributed by atoms with Crippen molar-refractivity contribution in [3.05, 3.63) is 41.0 Å². The summed E-state index contributed by atoms with van der Waals surface area (Å²) in [6.07, 6.45) is 4.62. The fraction of sp³-hybridized carbons (Fsp3) is 0.464. The topological polar surface area (TPSA) is 72.5 Å². The standard InChI is InChI=1S/C28H38O7Si/c1-10-11-12-18-24-20(31-6)13-14-21(35-36(8,9)28(2,3)4)27(24)34-26-19(16-29)22(33-17-30-5)15-23(32-7)25(18)26/h12-16H,10-11,17H2,1-9H3/b18-12+. The molecule has 0 atom stereocenters. The Morgan fingerprint density at radius 3 is 2.14 bits per heavy atom. The third kappa shape index (κ3) is 5.10. The first-order valence-electron chi connectivity index (χ1n) is 12.1. The molecule has 0 bridgehead atoms. The van der Waals surface area contributed by atoms with Gasteiger partial charge in [-0.25, -0.2) is 0 Å². The predicted molar refractivity (Wildman–Crippen MR) is 144 cm³/mol. The van der Waals surface area contributed by atoms with Gasteiger partial charge in [-0.05, 0) is 36.7 Å². The van der Waals surface area contributed by atoms with E-state index in [2.05, 4.69) is 46.9 Å². The van der Waals surface area contributed by atoms with E-state index in [4.69, 9.17) is 28.1 Å². The molecule has 1 aliphatic heterocycles. The van der Waals surface area contributed by atoms with Gasteiger partial charge >= 0.3 is 0 Å². The Labute approximate surface area is 215 Å². The Bertz CT molecular complexity index is 1150. The van der Waals surface area contributed by atoms with Gasteiger partial charge in [0.15, 0.2) is 24.6 Å². The molecule has 0 aromatic heterocycles. The lowest BCUT2D eigenvalue weighted by atomic mass is 9.89. The molecule has 2 aromatic rings. The fourth-order valence-electron chi connectivity index (χ4n) is 3.80. The van der Waals surface area contributed by atoms with Gasteiger partial charge in [-0.3, -0.25) is 4.79 Å². The second-order valence-corrected chi connectivity index (χ2v) is 14.9. The van der Waals surface area contributed by atoms with Gasteiger partial charge in [-0.15, -0.1) is 0 Å². The minimum atomic E-state index is -2.22. The summed E-state index contributed by atoms with van der Waals surface area (Å²) < 4.78 is 35.6. The van der Waals surface area contributed by atoms with Crippen molar-refractivity contribution < 1.29 is 32.9 Å². The van der Waals surface area contributed by atoms with Crippen molar-refractivity contribution in [1.29, 1.82) is 0 Å². The molecular formula is C28H38O7Si. The van der Waals surface area contributed by atoms with E-state index in [9.17, 15) is 4.79 Å². The van der Waals surface area contributed by atoms with Crippen LogP contribution in [0.4, 0.5) is 0 Å². The summed E-state index contributed by atoms with van der Waals surface area (Å²) in [7, 11) is 2.52. The molecule has 0 amide bonds. The molecule has 0 N–H and O–H groups in total. The first-order valence-corrected chi connectivity index (χ1v) is 15.1. The quantitative estimate of drug-likeness (QED) is 0.161. The molecule has 0 spiro atoms. The molecule has 0 fully saturated rings. The Morgan fingerprint density at radius 2 is 1.58 bits per heavy atom. The summed E-state index contributed by atoms with van der Waals surface area (Å²) in [5, 5.41) is -0.0222. The SMILES string of the molecule is CCC/C=C1\c2c(OC)ccc(O[Si](C)(C)C(C)(C)C)c2Oc2c(C=O)c(OCOC)cc(OC)c21. The highest BCUT2D eigenvalue weighted by Crippen LogP contribution is 2.57. The smallest absolute Gasteiger partial charge is 0.250 e. The minimum absolute atomic E-state index is 0.0222. The van der Waals surface area contributed by atoms with Crippen LogP contribution in [0, 0.1) is 0 Å². The summed E-state index contributed by atoms with van der Waals surface area (Å²) in [5.74, 6) is 2.98. The van der Waals surface area contributed by atoms with Crippen LogP contribution in [0.1, 0.15) is 62.0 Å². The lowest BCUT2D eigenvalue weighted by Gasteiger charge is -2.38. The summed E-state index contributed by atoms with van der Waals surface area (Å²) in [5.41, 5.74) is 2.59. The summed E-state index contributed by atoms with van der Waals surface area (Å²) in [6.45, 7) is 13.0. The molecular weight excluding hydrogens is 476 g/mol. The van der Waals surface area contributed by atoms with E-state index in [1.165, 1.54) is 7.11 Å². The van der Waals surface area contributed by atoms with Gasteiger partial charge < -0.3 is 28.1 Å². The van der Waals surface area contributed by atoms with E-state index in [1.807, 2.05) is 12.1 Å². The highest BCUT2D eigenvalue weighted by atomic mass is 28.4. The number of ether oxygens (including phenoxy) is 5. The zero-order chi connectivity index (χ0) is 26.7. The van der Waals surface area contributed by atoms with Crippen molar-refractivity contribution in [3.63, 3.8) is 0 Å². The maximum absolute atomic E-state index is 12.4. The molecule has 36 heavy (non-hydrogen) atoms. The highest BCUT2D eigenvalue weighted by Gasteiger charge is 2.41. The van der Waals surface area contributed by atoms with Crippen molar-refractivity contribution in [2.45, 2.75) is 58.7 Å². The number of carbonyl (C=O) groups is 1. The molecule has 7 nitrogen and oxygen atoms in total. The van der Waals surface area contributed by atoms with Gasteiger partial charge in [0.2, 0.25) is 0 Å². The van der Waals surface area contributed by atoms with Crippen LogP contribution < -0.4 is 23.4 Å².